The first-order chi connectivity index (χ1) is 17.5. The quantitative estimate of drug-likeness (QED) is 0.0454. The summed E-state index contributed by atoms with van der Waals surface area (Å²) in [4.78, 5) is 12.2. The van der Waals surface area contributed by atoms with Gasteiger partial charge in [0.2, 0.25) is 0 Å². The molecule has 38 heavy (non-hydrogen) atoms. The van der Waals surface area contributed by atoms with E-state index in [0.717, 1.165) is 12.8 Å². The van der Waals surface area contributed by atoms with Crippen molar-refractivity contribution in [2.75, 3.05) is 40.9 Å². The van der Waals surface area contributed by atoms with Gasteiger partial charge < -0.3 is 28.6 Å². The van der Waals surface area contributed by atoms with Gasteiger partial charge in [-0.15, -0.1) is 0 Å². The summed E-state index contributed by atoms with van der Waals surface area (Å²) >= 11 is 0. The van der Waals surface area contributed by atoms with Crippen LogP contribution >= 0.6 is 7.82 Å². The first-order valence-corrected chi connectivity index (χ1v) is 19.4. The maximum Gasteiger partial charge on any atom is 0.268 e. The minimum atomic E-state index is -4.42. The van der Waals surface area contributed by atoms with Gasteiger partial charge in [-0.05, 0) is 31.0 Å². The summed E-state index contributed by atoms with van der Waals surface area (Å²) in [6, 6.07) is -0.609. The van der Waals surface area contributed by atoms with Gasteiger partial charge in [0.15, 0.2) is 8.32 Å². The molecule has 0 aliphatic heterocycles. The van der Waals surface area contributed by atoms with Crippen molar-refractivity contribution >= 4 is 16.1 Å². The molecule has 0 heterocycles. The number of quaternary nitrogens is 1. The van der Waals surface area contributed by atoms with Gasteiger partial charge in [0.25, 0.3) is 7.82 Å². The van der Waals surface area contributed by atoms with Crippen molar-refractivity contribution in [1.82, 2.24) is 0 Å². The summed E-state index contributed by atoms with van der Waals surface area (Å²) in [6.07, 6.45) is 19.2. The van der Waals surface area contributed by atoms with E-state index in [4.69, 9.17) is 19.2 Å². The molecule has 2 N–H and O–H groups in total. The third kappa shape index (κ3) is 19.9. The molecule has 0 aliphatic carbocycles. The fourth-order valence-electron chi connectivity index (χ4n) is 3.68. The van der Waals surface area contributed by atoms with Crippen LogP contribution in [0.3, 0.4) is 0 Å². The van der Waals surface area contributed by atoms with Gasteiger partial charge in [0, 0.05) is 0 Å². The highest BCUT2D eigenvalue weighted by Crippen LogP contribution is 2.40. The van der Waals surface area contributed by atoms with Crippen LogP contribution in [0.2, 0.25) is 18.1 Å². The highest BCUT2D eigenvalue weighted by atomic mass is 31.2. The Hall–Kier alpha value is -0.0531. The van der Waals surface area contributed by atoms with Crippen LogP contribution in [0.25, 0.3) is 0 Å². The van der Waals surface area contributed by atoms with Crippen LogP contribution in [-0.4, -0.2) is 65.8 Å². The highest BCUT2D eigenvalue weighted by molar-refractivity contribution is 7.45. The second-order valence-electron chi connectivity index (χ2n) is 13.3. The summed E-state index contributed by atoms with van der Waals surface area (Å²) in [7, 11) is -0.623. The Morgan fingerprint density at radius 2 is 1.42 bits per heavy atom. The average Bonchev–Trinajstić information content (AvgIpc) is 2.78. The zero-order chi connectivity index (χ0) is 29.3. The largest absolute Gasteiger partial charge is 0.756 e. The van der Waals surface area contributed by atoms with Crippen LogP contribution in [-0.2, 0) is 18.0 Å². The molecule has 0 saturated heterocycles. The number of nitrogens with two attached hydrogens (primary N) is 1. The first-order valence-electron chi connectivity index (χ1n) is 15.0. The molecule has 0 radical (unpaired) electrons. The fraction of sp³-hybridized carbons (Fsp3) is 0.931. The van der Waals surface area contributed by atoms with E-state index in [1.807, 2.05) is 27.2 Å². The molecule has 9 heteroatoms. The van der Waals surface area contributed by atoms with Crippen LogP contribution < -0.4 is 10.6 Å². The van der Waals surface area contributed by atoms with Gasteiger partial charge >= 0.3 is 0 Å². The van der Waals surface area contributed by atoms with E-state index in [-0.39, 0.29) is 18.3 Å². The van der Waals surface area contributed by atoms with Crippen molar-refractivity contribution in [3.63, 3.8) is 0 Å². The molecule has 0 saturated carbocycles. The van der Waals surface area contributed by atoms with Gasteiger partial charge in [-0.3, -0.25) is 4.57 Å². The Morgan fingerprint density at radius 3 is 1.89 bits per heavy atom. The normalized spacial score (nSPS) is 16.6. The maximum atomic E-state index is 12.2. The predicted octanol–water partition coefficient (Wildman–Crippen LogP) is 7.17. The Morgan fingerprint density at radius 1 is 0.921 bits per heavy atom. The lowest BCUT2D eigenvalue weighted by atomic mass is 10.0. The number of unbranched alkanes of at least 4 members (excludes halogenated alkanes) is 11. The summed E-state index contributed by atoms with van der Waals surface area (Å²) in [5, 5.41) is 0.0117. The minimum Gasteiger partial charge on any atom is -0.756 e. The summed E-state index contributed by atoms with van der Waals surface area (Å²) in [6.45, 7) is 13.6. The second-order valence-corrected chi connectivity index (χ2v) is 19.5. The highest BCUT2D eigenvalue weighted by Gasteiger charge is 2.40. The molecular weight excluding hydrogens is 515 g/mol. The number of phosphoric ester groups is 1. The molecule has 0 bridgehead atoms. The van der Waals surface area contributed by atoms with Crippen molar-refractivity contribution in [2.24, 2.45) is 5.73 Å². The minimum absolute atomic E-state index is 0.0117. The molecular formula is C29H63N2O5PSi. The van der Waals surface area contributed by atoms with Crippen molar-refractivity contribution in [3.8, 4) is 0 Å². The van der Waals surface area contributed by atoms with Crippen LogP contribution in [0.1, 0.15) is 105 Å². The number of nitrogens with zero attached hydrogens (tertiary/aromatic N) is 1. The van der Waals surface area contributed by atoms with Gasteiger partial charge in [0.05, 0.1) is 39.9 Å². The van der Waals surface area contributed by atoms with E-state index < -0.39 is 28.3 Å². The Labute approximate surface area is 237 Å². The van der Waals surface area contributed by atoms with E-state index in [1.165, 1.54) is 64.2 Å². The van der Waals surface area contributed by atoms with Gasteiger partial charge in [-0.25, -0.2) is 0 Å². The number of hydrogen-bond acceptors (Lipinski definition) is 6. The second kappa shape index (κ2) is 19.1. The lowest BCUT2D eigenvalue weighted by Gasteiger charge is -2.40. The molecule has 1 unspecified atom stereocenters. The SMILES string of the molecule is CCCCCCCCCCCCCC=C[C@@H](O[Si](C)(C)C(C)(C)C)[C@@H](N)COP(=O)([O-])OCC[N+](C)(C)C. The molecule has 0 aromatic heterocycles. The van der Waals surface area contributed by atoms with Gasteiger partial charge in [-0.2, -0.15) is 0 Å². The fourth-order valence-corrected chi connectivity index (χ4v) is 5.70. The zero-order valence-electron chi connectivity index (χ0n) is 26.4. The summed E-state index contributed by atoms with van der Waals surface area (Å²) in [5.74, 6) is 0. The lowest BCUT2D eigenvalue weighted by molar-refractivity contribution is -0.870. The van der Waals surface area contributed by atoms with Crippen molar-refractivity contribution in [1.29, 1.82) is 0 Å². The molecule has 3 atom stereocenters. The maximum absolute atomic E-state index is 12.2. The molecule has 0 aromatic rings. The summed E-state index contributed by atoms with van der Waals surface area (Å²) in [5.41, 5.74) is 6.42. The van der Waals surface area contributed by atoms with Crippen LogP contribution in [0, 0.1) is 0 Å². The van der Waals surface area contributed by atoms with E-state index in [9.17, 15) is 9.46 Å². The standard InChI is InChI=1S/C29H63N2O5PSi/c1-10-11-12-13-14-15-16-17-18-19-20-21-22-23-28(36-38(8,9)29(2,3)4)27(30)26-35-37(32,33)34-25-24-31(5,6)7/h22-23,27-28H,10-21,24-26,30H2,1-9H3/t27-,28+/m0/s1. The zero-order valence-corrected chi connectivity index (χ0v) is 28.3. The van der Waals surface area contributed by atoms with E-state index >= 15 is 0 Å². The Balaban J connectivity index is 4.67. The van der Waals surface area contributed by atoms with Crippen molar-refractivity contribution in [2.45, 2.75) is 135 Å². The molecule has 0 rings (SSSR count). The topological polar surface area (TPSA) is 93.8 Å². The lowest BCUT2D eigenvalue weighted by Crippen LogP contribution is -2.50. The Bertz CT molecular complexity index is 677. The molecule has 0 amide bonds. The number of hydrogen-bond donors (Lipinski definition) is 1. The van der Waals surface area contributed by atoms with Crippen LogP contribution in [0.5, 0.6) is 0 Å². The predicted molar refractivity (Wildman–Crippen MR) is 163 cm³/mol. The third-order valence-electron chi connectivity index (χ3n) is 7.40. The van der Waals surface area contributed by atoms with Crippen LogP contribution in [0.4, 0.5) is 0 Å². The molecule has 0 spiro atoms. The van der Waals surface area contributed by atoms with Crippen LogP contribution in [0.15, 0.2) is 12.2 Å². The third-order valence-corrected chi connectivity index (χ3v) is 12.8. The van der Waals surface area contributed by atoms with Gasteiger partial charge in [-0.1, -0.05) is 104 Å². The van der Waals surface area contributed by atoms with E-state index in [2.05, 4.69) is 46.9 Å². The molecule has 0 aromatic carbocycles. The van der Waals surface area contributed by atoms with E-state index in [0.29, 0.717) is 11.0 Å². The summed E-state index contributed by atoms with van der Waals surface area (Å²) < 4.78 is 29.6. The first kappa shape index (κ1) is 37.9. The van der Waals surface area contributed by atoms with Crippen molar-refractivity contribution in [3.05, 3.63) is 12.2 Å². The monoisotopic (exact) mass is 578 g/mol. The Kier molecular flexibility index (Phi) is 19.1. The number of rotatable bonds is 23. The molecule has 0 fully saturated rings. The molecule has 0 aliphatic rings. The number of allylic oxidation sites excluding steroid dienone is 1. The number of phosphoric acid groups is 1. The van der Waals surface area contributed by atoms with E-state index in [1.54, 1.807) is 0 Å². The smallest absolute Gasteiger partial charge is 0.268 e. The molecule has 228 valence electrons. The molecule has 7 nitrogen and oxygen atoms in total. The average molecular weight is 579 g/mol. The number of likely N-dealkylation sites (N-methyl/N-ethyl adjacent to an activating group) is 1. The van der Waals surface area contributed by atoms with Crippen molar-refractivity contribution < 1.29 is 27.4 Å². The van der Waals surface area contributed by atoms with Gasteiger partial charge in [0.1, 0.15) is 13.2 Å².